The number of phenols is 1. The third kappa shape index (κ3) is 6.70. The number of nitrogens with zero attached hydrogens (tertiary/aromatic N) is 2. The number of rotatable bonds is 12. The molecule has 7 rings (SSSR count). The molecule has 0 fully saturated rings. The standard InChI is InChI=1S/C43H38N2O5Te/c1-29-19-20-37-36(25-29)44(23-24-50-28-46)39(51-37)18-5-3-4-17-38-43(2,27-30-11-10-12-31(47)26-30)41-34-15-8-6-13-32(34)33-14-7-9-16-35(33)42(41)45(38)22-21-40(48)49/h3-20,25-26,28H,21-24,27H2,1-2H3,(H-,47,48,49)/p+1. The third-order valence-electron chi connectivity index (χ3n) is 9.70. The van der Waals surface area contributed by atoms with E-state index in [9.17, 15) is 19.8 Å². The molecule has 0 spiro atoms. The first kappa shape index (κ1) is 34.3. The zero-order chi connectivity index (χ0) is 35.5. The van der Waals surface area contributed by atoms with Gasteiger partial charge in [0.1, 0.15) is 0 Å². The van der Waals surface area contributed by atoms with Crippen LogP contribution in [-0.2, 0) is 32.7 Å². The van der Waals surface area contributed by atoms with Crippen molar-refractivity contribution in [1.82, 2.24) is 0 Å². The minimum absolute atomic E-state index is 0.0178. The first-order valence-electron chi connectivity index (χ1n) is 17.0. The molecule has 7 nitrogen and oxygen atoms in total. The summed E-state index contributed by atoms with van der Waals surface area (Å²) in [6.45, 7) is 6.05. The van der Waals surface area contributed by atoms with E-state index in [0.29, 0.717) is 32.6 Å². The SMILES string of the molecule is Cc1ccc2[te]c(C=CC=CC=C3N(CCC(=O)O)c4c(c5ccccc5c5ccccc45)C3(C)Cc3cccc(O)c3)[n+](CCOC=O)c2c1. The van der Waals surface area contributed by atoms with Gasteiger partial charge >= 0.3 is 285 Å². The summed E-state index contributed by atoms with van der Waals surface area (Å²) in [7, 11) is 0. The number of carboxylic acid groups (broad SMARTS) is 1. The van der Waals surface area contributed by atoms with Gasteiger partial charge in [-0.05, 0) is 6.07 Å². The monoisotopic (exact) mass is 793 g/mol. The molecular weight excluding hydrogens is 752 g/mol. The number of aliphatic carboxylic acids is 1. The number of phenolic OH excluding ortho intramolecular Hbond substituents is 1. The number of allylic oxidation sites excluding steroid dienone is 5. The number of carbonyl (C=O) groups excluding carboxylic acids is 1. The van der Waals surface area contributed by atoms with Crippen molar-refractivity contribution in [2.45, 2.75) is 38.6 Å². The zero-order valence-electron chi connectivity index (χ0n) is 28.6. The van der Waals surface area contributed by atoms with Crippen LogP contribution in [0.15, 0.2) is 121 Å². The normalized spacial score (nSPS) is 16.7. The van der Waals surface area contributed by atoms with Gasteiger partial charge in [0.2, 0.25) is 0 Å². The Hall–Kier alpha value is -5.16. The van der Waals surface area contributed by atoms with E-state index in [4.69, 9.17) is 4.74 Å². The average Bonchev–Trinajstić information content (AvgIpc) is 3.58. The predicted molar refractivity (Wildman–Crippen MR) is 204 cm³/mol. The van der Waals surface area contributed by atoms with Crippen LogP contribution in [0.5, 0.6) is 5.75 Å². The Labute approximate surface area is 306 Å². The minimum atomic E-state index is -0.849. The van der Waals surface area contributed by atoms with Gasteiger partial charge in [-0.3, -0.25) is 0 Å². The number of aromatic hydroxyl groups is 1. The summed E-state index contributed by atoms with van der Waals surface area (Å²) in [5.41, 5.74) is 6.03. The molecule has 8 heteroatoms. The van der Waals surface area contributed by atoms with E-state index in [1.165, 1.54) is 18.2 Å². The van der Waals surface area contributed by atoms with Gasteiger partial charge in [-0.1, -0.05) is 12.1 Å². The summed E-state index contributed by atoms with van der Waals surface area (Å²) < 4.78 is 9.93. The number of hydrogen-bond acceptors (Lipinski definition) is 5. The van der Waals surface area contributed by atoms with E-state index in [1.807, 2.05) is 36.4 Å². The summed E-state index contributed by atoms with van der Waals surface area (Å²) in [6, 6.07) is 30.8. The second-order valence-electron chi connectivity index (χ2n) is 13.1. The van der Waals surface area contributed by atoms with Crippen LogP contribution >= 0.6 is 0 Å². The van der Waals surface area contributed by atoms with Crippen molar-refractivity contribution in [3.8, 4) is 5.75 Å². The molecule has 2 N–H and O–H groups in total. The Bertz CT molecular complexity index is 2390. The molecule has 1 aliphatic rings. The van der Waals surface area contributed by atoms with Crippen LogP contribution in [0.4, 0.5) is 5.69 Å². The van der Waals surface area contributed by atoms with Crippen molar-refractivity contribution in [2.24, 2.45) is 0 Å². The fourth-order valence-electron chi connectivity index (χ4n) is 7.58. The summed E-state index contributed by atoms with van der Waals surface area (Å²) >= 11 is -0.621. The molecule has 1 aromatic heterocycles. The molecule has 256 valence electrons. The van der Waals surface area contributed by atoms with Crippen molar-refractivity contribution in [2.75, 3.05) is 18.1 Å². The van der Waals surface area contributed by atoms with Crippen molar-refractivity contribution in [3.63, 3.8) is 0 Å². The molecule has 0 saturated heterocycles. The van der Waals surface area contributed by atoms with E-state index < -0.39 is 31.8 Å². The molecule has 0 bridgehead atoms. The van der Waals surface area contributed by atoms with E-state index >= 15 is 0 Å². The van der Waals surface area contributed by atoms with E-state index in [0.717, 1.165) is 44.1 Å². The second kappa shape index (κ2) is 14.6. The van der Waals surface area contributed by atoms with Crippen molar-refractivity contribution < 1.29 is 29.1 Å². The van der Waals surface area contributed by atoms with Crippen molar-refractivity contribution in [3.05, 3.63) is 141 Å². The van der Waals surface area contributed by atoms with Crippen molar-refractivity contribution in [1.29, 1.82) is 0 Å². The fraction of sp³-hybridized carbons (Fsp3) is 0.186. The van der Waals surface area contributed by atoms with E-state index in [1.54, 1.807) is 6.07 Å². The van der Waals surface area contributed by atoms with Crippen LogP contribution < -0.4 is 9.47 Å². The third-order valence-corrected chi connectivity index (χ3v) is 12.9. The first-order chi connectivity index (χ1) is 24.8. The number of ether oxygens (including phenoxy) is 1. The van der Waals surface area contributed by atoms with Gasteiger partial charge in [-0.25, -0.2) is 0 Å². The van der Waals surface area contributed by atoms with Crippen molar-refractivity contribution >= 4 is 75.1 Å². The van der Waals surface area contributed by atoms with Gasteiger partial charge in [-0.2, -0.15) is 0 Å². The maximum absolute atomic E-state index is 12.1. The van der Waals surface area contributed by atoms with E-state index in [-0.39, 0.29) is 12.2 Å². The van der Waals surface area contributed by atoms with Crippen LogP contribution in [0.3, 0.4) is 0 Å². The molecular formula is C43H39N2O5Te+. The number of hydrogen-bond donors (Lipinski definition) is 2. The first-order valence-corrected chi connectivity index (χ1v) is 19.4. The number of carboxylic acids is 1. The predicted octanol–water partition coefficient (Wildman–Crippen LogP) is 7.63. The molecule has 5 aromatic carbocycles. The molecule has 1 aliphatic heterocycles. The van der Waals surface area contributed by atoms with Gasteiger partial charge in [0, 0.05) is 0 Å². The molecule has 1 unspecified atom stereocenters. The molecule has 0 aliphatic carbocycles. The summed E-state index contributed by atoms with van der Waals surface area (Å²) in [6.07, 6.45) is 11.0. The molecule has 51 heavy (non-hydrogen) atoms. The summed E-state index contributed by atoms with van der Waals surface area (Å²) in [4.78, 5) is 25.1. The topological polar surface area (TPSA) is 91.0 Å². The van der Waals surface area contributed by atoms with Crippen LogP contribution in [-0.4, -0.2) is 56.2 Å². The fourth-order valence-corrected chi connectivity index (χ4v) is 10.7. The Kier molecular flexibility index (Phi) is 9.82. The number of aromatic nitrogens is 1. The van der Waals surface area contributed by atoms with E-state index in [2.05, 4.69) is 102 Å². The number of fused-ring (bicyclic) bond motifs is 7. The molecule has 1 atom stereocenters. The van der Waals surface area contributed by atoms with Crippen LogP contribution in [0.25, 0.3) is 36.5 Å². The van der Waals surface area contributed by atoms with Gasteiger partial charge in [0.05, 0.1) is 0 Å². The van der Waals surface area contributed by atoms with Crippen LogP contribution in [0, 0.1) is 6.92 Å². The Morgan fingerprint density at radius 2 is 1.67 bits per heavy atom. The summed E-state index contributed by atoms with van der Waals surface area (Å²) in [5.74, 6) is -0.634. The quantitative estimate of drug-likeness (QED) is 0.0331. The number of aryl methyl sites for hydroxylation is 1. The Balaban J connectivity index is 1.36. The Morgan fingerprint density at radius 1 is 0.922 bits per heavy atom. The van der Waals surface area contributed by atoms with Gasteiger partial charge in [0.25, 0.3) is 0 Å². The molecule has 0 radical (unpaired) electrons. The summed E-state index contributed by atoms with van der Waals surface area (Å²) in [5, 5.41) is 24.8. The molecule has 0 amide bonds. The van der Waals surface area contributed by atoms with Gasteiger partial charge < -0.3 is 5.11 Å². The number of benzene rings is 5. The molecule has 2 heterocycles. The zero-order valence-corrected chi connectivity index (χ0v) is 30.9. The average molecular weight is 791 g/mol. The number of carbonyl (C=O) groups is 2. The van der Waals surface area contributed by atoms with Crippen LogP contribution in [0.2, 0.25) is 0 Å². The molecule has 6 aromatic rings. The maximum atomic E-state index is 12.1. The second-order valence-corrected chi connectivity index (χ2v) is 16.1. The Morgan fingerprint density at radius 3 is 2.41 bits per heavy atom. The number of anilines is 1. The van der Waals surface area contributed by atoms with Gasteiger partial charge in [-0.15, -0.1) is 0 Å². The van der Waals surface area contributed by atoms with Gasteiger partial charge in [0.15, 0.2) is 0 Å². The molecule has 0 saturated carbocycles. The van der Waals surface area contributed by atoms with Crippen LogP contribution in [0.1, 0.15) is 33.7 Å².